The van der Waals surface area contributed by atoms with Crippen molar-refractivity contribution in [1.82, 2.24) is 9.88 Å². The van der Waals surface area contributed by atoms with Crippen LogP contribution in [-0.4, -0.2) is 10.3 Å². The number of rotatable bonds is 5. The minimum absolute atomic E-state index is 0.276. The van der Waals surface area contributed by atoms with Gasteiger partial charge in [-0.3, -0.25) is 4.99 Å². The Morgan fingerprint density at radius 3 is 1.96 bits per heavy atom. The fourth-order valence-electron chi connectivity index (χ4n) is 8.36. The number of nitrogens with one attached hydrogen (secondary N) is 1. The van der Waals surface area contributed by atoms with Crippen LogP contribution < -0.4 is 5.32 Å². The highest BCUT2D eigenvalue weighted by Crippen LogP contribution is 2.40. The minimum Gasteiger partial charge on any atom is -0.455 e. The third-order valence-electron chi connectivity index (χ3n) is 10.9. The van der Waals surface area contributed by atoms with Gasteiger partial charge in [-0.25, -0.2) is 0 Å². The SMILES string of the molecule is C1=C(c2ccc(-c3ccc4c5ccccc5n(-c5ccccc5)c4c3)c3ccccc23)NC(c2ccccc2)N=C1c1cccc2c1oc1ccccc12. The largest absolute Gasteiger partial charge is 0.455 e. The Kier molecular flexibility index (Phi) is 6.89. The molecule has 254 valence electrons. The van der Waals surface area contributed by atoms with Gasteiger partial charge in [-0.1, -0.05) is 146 Å². The van der Waals surface area contributed by atoms with Crippen LogP contribution in [0, 0.1) is 0 Å². The molecule has 4 heteroatoms. The molecule has 54 heavy (non-hydrogen) atoms. The Labute approximate surface area is 311 Å². The van der Waals surface area contributed by atoms with Crippen LogP contribution in [0.2, 0.25) is 0 Å². The number of hydrogen-bond donors (Lipinski definition) is 1. The maximum absolute atomic E-state index is 6.51. The molecule has 11 rings (SSSR count). The zero-order valence-electron chi connectivity index (χ0n) is 29.3. The lowest BCUT2D eigenvalue weighted by atomic mass is 9.92. The van der Waals surface area contributed by atoms with Crippen molar-refractivity contribution in [1.29, 1.82) is 0 Å². The number of nitrogens with zero attached hydrogens (tertiary/aromatic N) is 2. The van der Waals surface area contributed by atoms with Crippen LogP contribution in [0.5, 0.6) is 0 Å². The summed E-state index contributed by atoms with van der Waals surface area (Å²) in [5.74, 6) is 0. The Hall–Kier alpha value is -7.17. The Bertz CT molecular complexity index is 3130. The Morgan fingerprint density at radius 2 is 1.13 bits per heavy atom. The molecule has 0 aliphatic carbocycles. The van der Waals surface area contributed by atoms with Gasteiger partial charge in [0.25, 0.3) is 0 Å². The lowest BCUT2D eigenvalue weighted by Gasteiger charge is -2.26. The Balaban J connectivity index is 1.09. The highest BCUT2D eigenvalue weighted by molar-refractivity contribution is 6.22. The van der Waals surface area contributed by atoms with E-state index in [4.69, 9.17) is 9.41 Å². The lowest BCUT2D eigenvalue weighted by Crippen LogP contribution is -2.25. The normalized spacial score (nSPS) is 14.5. The van der Waals surface area contributed by atoms with E-state index >= 15 is 0 Å². The van der Waals surface area contributed by atoms with Gasteiger partial charge in [0.1, 0.15) is 17.3 Å². The van der Waals surface area contributed by atoms with Crippen LogP contribution in [0.25, 0.3) is 77.0 Å². The molecule has 0 bridgehead atoms. The number of fused-ring (bicyclic) bond motifs is 7. The third-order valence-corrected chi connectivity index (χ3v) is 10.9. The summed E-state index contributed by atoms with van der Waals surface area (Å²) in [5, 5.41) is 10.9. The minimum atomic E-state index is -0.276. The monoisotopic (exact) mass is 691 g/mol. The van der Waals surface area contributed by atoms with Gasteiger partial charge in [0.15, 0.2) is 0 Å². The predicted octanol–water partition coefficient (Wildman–Crippen LogP) is 12.6. The summed E-state index contributed by atoms with van der Waals surface area (Å²) in [5.41, 5.74) is 12.7. The van der Waals surface area contributed by atoms with Crippen molar-refractivity contribution in [3.63, 3.8) is 0 Å². The van der Waals surface area contributed by atoms with Gasteiger partial charge < -0.3 is 14.3 Å². The van der Waals surface area contributed by atoms with Crippen LogP contribution in [0.3, 0.4) is 0 Å². The number of aliphatic imine (C=N–C) groups is 1. The molecule has 1 aliphatic rings. The van der Waals surface area contributed by atoms with Gasteiger partial charge >= 0.3 is 0 Å². The molecule has 3 heterocycles. The highest BCUT2D eigenvalue weighted by atomic mass is 16.3. The van der Waals surface area contributed by atoms with E-state index in [0.29, 0.717) is 0 Å². The third kappa shape index (κ3) is 4.81. The lowest BCUT2D eigenvalue weighted by molar-refractivity contribution is 0.659. The molecule has 2 aromatic heterocycles. The van der Waals surface area contributed by atoms with Crippen LogP contribution in [0.1, 0.15) is 22.9 Å². The van der Waals surface area contributed by atoms with E-state index in [1.54, 1.807) is 0 Å². The molecule has 1 unspecified atom stereocenters. The molecule has 0 saturated carbocycles. The standard InChI is InChI=1S/C50H33N3O/c1-3-14-32(15-4-1)50-51-44(31-45(52-50)43-23-13-22-42-41-21-10-12-25-48(41)54-49(42)43)38-29-28-35(36-18-7-8-19-37(36)38)33-26-27-40-39-20-9-11-24-46(39)53(47(40)30-33)34-16-5-2-6-17-34/h1-31,50-51H. The maximum atomic E-state index is 6.51. The smallest absolute Gasteiger partial charge is 0.145 e. The molecule has 0 saturated heterocycles. The summed E-state index contributed by atoms with van der Waals surface area (Å²) in [7, 11) is 0. The molecule has 0 radical (unpaired) electrons. The second kappa shape index (κ2) is 12.2. The van der Waals surface area contributed by atoms with Crippen molar-refractivity contribution in [3.8, 4) is 16.8 Å². The van der Waals surface area contributed by atoms with Gasteiger partial charge in [0.2, 0.25) is 0 Å². The number of benzene rings is 8. The summed E-state index contributed by atoms with van der Waals surface area (Å²) >= 11 is 0. The first-order chi connectivity index (χ1) is 26.8. The molecule has 10 aromatic rings. The van der Waals surface area contributed by atoms with Crippen LogP contribution in [0.4, 0.5) is 0 Å². The van der Waals surface area contributed by atoms with Crippen molar-refractivity contribution in [2.75, 3.05) is 0 Å². The summed E-state index contributed by atoms with van der Waals surface area (Å²) in [4.78, 5) is 5.31. The van der Waals surface area contributed by atoms with E-state index in [-0.39, 0.29) is 6.17 Å². The zero-order valence-corrected chi connectivity index (χ0v) is 29.3. The highest BCUT2D eigenvalue weighted by Gasteiger charge is 2.24. The van der Waals surface area contributed by atoms with E-state index in [9.17, 15) is 0 Å². The quantitative estimate of drug-likeness (QED) is 0.195. The summed E-state index contributed by atoms with van der Waals surface area (Å²) in [6, 6.07) is 64.6. The molecule has 1 atom stereocenters. The number of allylic oxidation sites excluding steroid dienone is 1. The van der Waals surface area contributed by atoms with Crippen molar-refractivity contribution < 1.29 is 4.42 Å². The molecular weight excluding hydrogens is 659 g/mol. The van der Waals surface area contributed by atoms with Crippen LogP contribution in [0.15, 0.2) is 197 Å². The maximum Gasteiger partial charge on any atom is 0.145 e. The molecule has 0 spiro atoms. The summed E-state index contributed by atoms with van der Waals surface area (Å²) in [6.07, 6.45) is 1.91. The second-order valence-corrected chi connectivity index (χ2v) is 13.9. The average molecular weight is 692 g/mol. The van der Waals surface area contributed by atoms with E-state index in [2.05, 4.69) is 180 Å². The zero-order chi connectivity index (χ0) is 35.6. The molecule has 1 N–H and O–H groups in total. The Morgan fingerprint density at radius 1 is 0.481 bits per heavy atom. The fraction of sp³-hybridized carbons (Fsp3) is 0.0200. The van der Waals surface area contributed by atoms with Crippen LogP contribution >= 0.6 is 0 Å². The number of aromatic nitrogens is 1. The van der Waals surface area contributed by atoms with E-state index in [1.807, 2.05) is 18.2 Å². The van der Waals surface area contributed by atoms with Crippen molar-refractivity contribution >= 4 is 65.9 Å². The van der Waals surface area contributed by atoms with Gasteiger partial charge in [0, 0.05) is 44.1 Å². The van der Waals surface area contributed by atoms with Gasteiger partial charge in [-0.15, -0.1) is 0 Å². The molecule has 0 amide bonds. The summed E-state index contributed by atoms with van der Waals surface area (Å²) in [6.45, 7) is 0. The van der Waals surface area contributed by atoms with Gasteiger partial charge in [0.05, 0.1) is 16.7 Å². The molecule has 0 fully saturated rings. The molecule has 1 aliphatic heterocycles. The van der Waals surface area contributed by atoms with Crippen molar-refractivity contribution in [3.05, 3.63) is 205 Å². The first-order valence-corrected chi connectivity index (χ1v) is 18.4. The fourth-order valence-corrected chi connectivity index (χ4v) is 8.36. The molecule has 8 aromatic carbocycles. The first-order valence-electron chi connectivity index (χ1n) is 18.4. The number of furan rings is 1. The van der Waals surface area contributed by atoms with Crippen molar-refractivity contribution in [2.24, 2.45) is 4.99 Å². The van der Waals surface area contributed by atoms with E-state index in [0.717, 1.165) is 55.7 Å². The average Bonchev–Trinajstić information content (AvgIpc) is 3.79. The number of para-hydroxylation sites is 4. The predicted molar refractivity (Wildman–Crippen MR) is 224 cm³/mol. The summed E-state index contributed by atoms with van der Waals surface area (Å²) < 4.78 is 8.89. The van der Waals surface area contributed by atoms with Crippen LogP contribution in [-0.2, 0) is 0 Å². The van der Waals surface area contributed by atoms with Gasteiger partial charge in [-0.05, 0) is 69.9 Å². The second-order valence-electron chi connectivity index (χ2n) is 13.9. The van der Waals surface area contributed by atoms with E-state index in [1.165, 1.54) is 43.7 Å². The molecular formula is C50H33N3O. The van der Waals surface area contributed by atoms with Gasteiger partial charge in [-0.2, -0.15) is 0 Å². The van der Waals surface area contributed by atoms with Crippen molar-refractivity contribution in [2.45, 2.75) is 6.17 Å². The first kappa shape index (κ1) is 30.5. The van der Waals surface area contributed by atoms with E-state index < -0.39 is 0 Å². The topological polar surface area (TPSA) is 42.5 Å². The number of hydrogen-bond acceptors (Lipinski definition) is 3. The molecule has 4 nitrogen and oxygen atoms in total.